The number of carboxylic acids is 1. The Balaban J connectivity index is 0.876. The maximum atomic E-state index is 15.7. The Morgan fingerprint density at radius 1 is 0.615 bits per heavy atom. The largest absolute Gasteiger partial charge is 0.508 e. The predicted octanol–water partition coefficient (Wildman–Crippen LogP) is 9.50. The van der Waals surface area contributed by atoms with Crippen LogP contribution in [0, 0.1) is 0 Å². The molecule has 4 aliphatic rings. The van der Waals surface area contributed by atoms with Crippen LogP contribution in [0.5, 0.6) is 5.75 Å². The van der Waals surface area contributed by atoms with E-state index >= 15 is 24.0 Å². The van der Waals surface area contributed by atoms with Crippen LogP contribution in [0.4, 0.5) is 11.4 Å². The van der Waals surface area contributed by atoms with Crippen molar-refractivity contribution < 1.29 is 94.1 Å². The van der Waals surface area contributed by atoms with Gasteiger partial charge >= 0.3 is 5.97 Å². The van der Waals surface area contributed by atoms with Gasteiger partial charge in [0.2, 0.25) is 47.0 Å². The molecular weight excluding hydrogens is 1800 g/mol. The number of aromatic amines is 1. The second kappa shape index (κ2) is 44.0. The molecule has 10 atom stereocenters. The van der Waals surface area contributed by atoms with Crippen LogP contribution in [0.25, 0.3) is 38.0 Å². The molecule has 0 bridgehead atoms. The monoisotopic (exact) mass is 1920 g/mol. The first-order chi connectivity index (χ1) is 64.3. The average Bonchev–Trinajstić information content (AvgIpc) is 1.57. The third-order valence-electron chi connectivity index (χ3n) is 25.1. The highest BCUT2D eigenvalue weighted by Gasteiger charge is 2.47. The van der Waals surface area contributed by atoms with Crippen molar-refractivity contribution in [1.29, 1.82) is 0 Å². The molecule has 1 aromatic heterocycles. The molecule has 1 fully saturated rings. The van der Waals surface area contributed by atoms with E-state index in [0.717, 1.165) is 101 Å². The van der Waals surface area contributed by atoms with Crippen LogP contribution in [0.2, 0.25) is 0 Å². The number of hydrogen-bond acceptors (Lipinski definition) is 20. The molecule has 9 aromatic rings. The summed E-state index contributed by atoms with van der Waals surface area (Å²) < 4.78 is 71.4. The number of nitrogens with zero attached hydrogens (tertiary/aromatic N) is 2. The summed E-state index contributed by atoms with van der Waals surface area (Å²) in [5.74, 6) is -11.3. The number of rotatable bonds is 31. The smallest absolute Gasteiger partial charge is 0.328 e. The summed E-state index contributed by atoms with van der Waals surface area (Å²) in [5.41, 5.74) is 15.8. The van der Waals surface area contributed by atoms with Gasteiger partial charge < -0.3 is 78.6 Å². The molecule has 31 nitrogen and oxygen atoms in total. The van der Waals surface area contributed by atoms with Crippen LogP contribution in [-0.2, 0) is 88.7 Å². The van der Waals surface area contributed by atoms with Gasteiger partial charge in [-0.05, 0) is 194 Å². The number of fused-ring (bicyclic) bond motifs is 7. The van der Waals surface area contributed by atoms with Crippen molar-refractivity contribution in [1.82, 2.24) is 47.5 Å². The van der Waals surface area contributed by atoms with Gasteiger partial charge in [-0.3, -0.25) is 47.5 Å². The number of nitrogens with two attached hydrogens (primary N) is 1. The Hall–Kier alpha value is -12.3. The molecule has 3 aliphatic heterocycles. The van der Waals surface area contributed by atoms with Gasteiger partial charge in [0.25, 0.3) is 26.1 Å². The minimum atomic E-state index is -4.33. The quantitative estimate of drug-likeness (QED) is 0.00831. The molecule has 0 unspecified atom stereocenters. The Bertz CT molecular complexity index is 6380. The molecule has 1 aliphatic carbocycles. The zero-order valence-corrected chi connectivity index (χ0v) is 79.0. The lowest BCUT2D eigenvalue weighted by molar-refractivity contribution is -0.437. The lowest BCUT2D eigenvalue weighted by Gasteiger charge is -2.29. The maximum absolute atomic E-state index is 15.7. The van der Waals surface area contributed by atoms with Gasteiger partial charge in [0.1, 0.15) is 54.6 Å². The van der Waals surface area contributed by atoms with Crippen LogP contribution >= 0.6 is 21.6 Å². The number of phenols is 1. The van der Waals surface area contributed by atoms with Crippen LogP contribution in [0.3, 0.4) is 0 Å². The highest BCUT2D eigenvalue weighted by Crippen LogP contribution is 2.52. The maximum Gasteiger partial charge on any atom is 0.328 e. The minimum absolute atomic E-state index is 0.0889. The van der Waals surface area contributed by atoms with Crippen LogP contribution in [0.15, 0.2) is 223 Å². The van der Waals surface area contributed by atoms with E-state index in [4.69, 9.17) is 5.73 Å². The molecule has 17 N–H and O–H groups in total. The highest BCUT2D eigenvalue weighted by atomic mass is 33.1. The fourth-order valence-electron chi connectivity index (χ4n) is 18.3. The van der Waals surface area contributed by atoms with E-state index in [1.807, 2.05) is 72.8 Å². The highest BCUT2D eigenvalue weighted by molar-refractivity contribution is 8.76. The van der Waals surface area contributed by atoms with Gasteiger partial charge in [0.05, 0.1) is 29.1 Å². The number of anilines is 1. The third-order valence-corrected chi connectivity index (χ3v) is 29.1. The van der Waals surface area contributed by atoms with Crippen LogP contribution in [0.1, 0.15) is 137 Å². The van der Waals surface area contributed by atoms with Crippen molar-refractivity contribution in [2.75, 3.05) is 47.5 Å². The number of nitrogens with one attached hydrogen (secondary N) is 9. The summed E-state index contributed by atoms with van der Waals surface area (Å²) in [5, 5.41) is 68.6. The molecule has 35 heteroatoms. The molecule has 0 saturated carbocycles. The van der Waals surface area contributed by atoms with Crippen molar-refractivity contribution in [3.8, 4) is 5.75 Å². The van der Waals surface area contributed by atoms with Gasteiger partial charge in [-0.25, -0.2) is 4.79 Å². The number of phenolic OH excluding ortho intramolecular Hbond substituents is 1. The number of aromatic hydroxyl groups is 1. The Labute approximate surface area is 791 Å². The second-order valence-electron chi connectivity index (χ2n) is 35.6. The van der Waals surface area contributed by atoms with Crippen molar-refractivity contribution >= 4 is 150 Å². The Kier molecular flexibility index (Phi) is 32.6. The number of aromatic nitrogens is 1. The molecule has 4 heterocycles. The van der Waals surface area contributed by atoms with E-state index in [9.17, 15) is 65.5 Å². The molecule has 13 rings (SSSR count). The molecule has 0 spiro atoms. The van der Waals surface area contributed by atoms with Crippen LogP contribution < -0.4 is 53.2 Å². The zero-order valence-electron chi connectivity index (χ0n) is 75.7. The number of unbranched alkanes of at least 4 members (excludes halogenated alkanes) is 1. The summed E-state index contributed by atoms with van der Waals surface area (Å²) in [6.07, 6.45) is 8.46. The number of hydrogen-bond donors (Lipinski definition) is 16. The Morgan fingerprint density at radius 2 is 1.23 bits per heavy atom. The first-order valence-electron chi connectivity index (χ1n) is 45.0. The van der Waals surface area contributed by atoms with Gasteiger partial charge in [-0.2, -0.15) is 21.4 Å². The normalized spacial score (nSPS) is 20.9. The van der Waals surface area contributed by atoms with Crippen molar-refractivity contribution in [3.05, 3.63) is 262 Å². The van der Waals surface area contributed by atoms with Crippen molar-refractivity contribution in [3.63, 3.8) is 0 Å². The molecule has 0 radical (unpaired) electrons. The standard InChI is InChI=1S/C100H114N12O19S4/c1-59(113)88-97(123)108-80(96(122)110-89(60(2)114)98(124)125)58-133-132-57-79(95(121)105-77(54-62-32-42-70(115)43-33-62)92(118)106-78(55-69-56-102-74-30-15-14-27-71(69)74)94(120)103-75(91(117)109-88)31-16-17-48-101)107-93(119)76(53-61-21-8-7-9-22-61)104-90(116)68-36-34-67(35-37-68)85-65(40-46-83-99(3,4)86-72-28-12-10-23-63(72)38-44-81(86)111(83)49-19-51-134(126,127)128)25-18-26-66(85)41-47-84-100(5,6)87-73-29-13-11-24-64(73)39-45-82(87)112(84)50-20-52-135(129,130)131/h7-15,21-24,27-30,32-47,56,59-60,75-80,88-89,102,113-114H,16-20,25-26,31,48-55,57-58,101H2,1-6H3,(H11-,103,104,105,106,107,108,109,110,115,116,117,118,119,120,121,122,123,124,125,126,127,128,129,130,131)/p+1/t59-,60-,75+,76-,77+,78-,79+,80+,88+,89+/m1/s1. The fourth-order valence-corrected chi connectivity index (χ4v) is 21.6. The number of amides is 8. The van der Waals surface area contributed by atoms with Gasteiger partial charge in [0, 0.05) is 101 Å². The summed E-state index contributed by atoms with van der Waals surface area (Å²) in [4.78, 5) is 139. The van der Waals surface area contributed by atoms with E-state index < -0.39 is 168 Å². The third kappa shape index (κ3) is 24.7. The molecule has 1 saturated heterocycles. The van der Waals surface area contributed by atoms with E-state index in [-0.39, 0.29) is 75.9 Å². The van der Waals surface area contributed by atoms with Crippen molar-refractivity contribution in [2.45, 2.75) is 184 Å². The van der Waals surface area contributed by atoms with Gasteiger partial charge in [0.15, 0.2) is 11.8 Å². The summed E-state index contributed by atoms with van der Waals surface area (Å²) >= 11 is 0. The van der Waals surface area contributed by atoms with E-state index in [2.05, 4.69) is 121 Å². The first kappa shape index (κ1) is 100. The number of carbonyl (C=O) groups is 9. The van der Waals surface area contributed by atoms with Crippen molar-refractivity contribution in [2.24, 2.45) is 5.73 Å². The van der Waals surface area contributed by atoms with Gasteiger partial charge in [-0.1, -0.05) is 175 Å². The first-order valence-corrected chi connectivity index (χ1v) is 50.7. The summed E-state index contributed by atoms with van der Waals surface area (Å²) in [6.45, 7) is 11.5. The van der Waals surface area contributed by atoms with Gasteiger partial charge in [-0.15, -0.1) is 0 Å². The Morgan fingerprint density at radius 3 is 1.90 bits per heavy atom. The number of aliphatic carboxylic acids is 1. The molecule has 712 valence electrons. The van der Waals surface area contributed by atoms with E-state index in [1.54, 1.807) is 72.9 Å². The summed E-state index contributed by atoms with van der Waals surface area (Å²) in [6, 6.07) is 39.4. The lowest BCUT2D eigenvalue weighted by Crippen LogP contribution is -2.62. The minimum Gasteiger partial charge on any atom is -0.508 e. The SMILES string of the molecule is C[C@@H](O)[C@H](NC(=O)[C@@H]1CSSC[C@H](NC(=O)[C@@H](Cc2ccccc2)NC(=O)c2ccc(C3=C(/C=C/C4=[N+](CCCS(=O)(=O)O)c5ccc6ccccc6c5C4(C)C)CCC/C3=C\C=C3\N(CCCS(=O)(=O)O)c4ccc5ccccc5c4C3(C)C)cc2)C(=O)N[C@@H](Cc2ccc(O)cc2)C(=O)N[C@H](Cc2c[nH]c3ccccc23)C(=O)N[C@@H](CCCCN)C(=O)N[C@@H]([C@@H](C)O)C(=O)N1)C(=O)O. The number of H-pyrrole nitrogens is 1. The topological polar surface area (TPSA) is 488 Å². The number of carbonyl (C=O) groups excluding carboxylic acids is 8. The fraction of sp³-hybridized carbons (Fsp3) is 0.360. The number of benzene rings is 8. The molecule has 8 aromatic carbocycles. The van der Waals surface area contributed by atoms with E-state index in [1.165, 1.54) is 31.2 Å². The second-order valence-corrected chi connectivity index (χ2v) is 41.3. The molecule has 8 amide bonds. The number of aliphatic hydroxyl groups excluding tert-OH is 2. The van der Waals surface area contributed by atoms with E-state index in [0.29, 0.717) is 58.8 Å². The number of aliphatic hydroxyl groups is 2. The lowest BCUT2D eigenvalue weighted by atomic mass is 9.78. The summed E-state index contributed by atoms with van der Waals surface area (Å²) in [7, 11) is -6.95. The number of para-hydroxylation sites is 1. The average molecular weight is 1920 g/mol. The van der Waals surface area contributed by atoms with Crippen LogP contribution in [-0.4, -0.2) is 218 Å². The molecule has 135 heavy (non-hydrogen) atoms. The number of allylic oxidation sites excluding steroid dienone is 8. The molecular formula is C100H115N12O19S4+. The number of carboxylic acid groups (broad SMARTS) is 1. The predicted molar refractivity (Wildman–Crippen MR) is 523 cm³/mol. The zero-order chi connectivity index (χ0) is 96.8.